The van der Waals surface area contributed by atoms with Gasteiger partial charge < -0.3 is 5.32 Å². The molecule has 0 aromatic carbocycles. The van der Waals surface area contributed by atoms with Crippen LogP contribution in [0.15, 0.2) is 24.5 Å². The number of aromatic nitrogens is 1. The Balaban J connectivity index is 2.79. The molecular formula is C16H28N2. The van der Waals surface area contributed by atoms with E-state index in [2.05, 4.69) is 50.3 Å². The van der Waals surface area contributed by atoms with Crippen molar-refractivity contribution < 1.29 is 0 Å². The zero-order chi connectivity index (χ0) is 13.4. The summed E-state index contributed by atoms with van der Waals surface area (Å²) in [5.41, 5.74) is 1.39. The molecule has 102 valence electrons. The lowest BCUT2D eigenvalue weighted by atomic mass is 9.81. The van der Waals surface area contributed by atoms with Crippen LogP contribution in [0.5, 0.6) is 0 Å². The van der Waals surface area contributed by atoms with Gasteiger partial charge in [-0.15, -0.1) is 0 Å². The van der Waals surface area contributed by atoms with Crippen molar-refractivity contribution in [3.63, 3.8) is 0 Å². The van der Waals surface area contributed by atoms with Crippen LogP contribution in [0.3, 0.4) is 0 Å². The van der Waals surface area contributed by atoms with Gasteiger partial charge in [-0.1, -0.05) is 33.6 Å². The van der Waals surface area contributed by atoms with Gasteiger partial charge >= 0.3 is 0 Å². The van der Waals surface area contributed by atoms with Crippen LogP contribution in [0, 0.1) is 5.92 Å². The first-order valence-electron chi connectivity index (χ1n) is 7.31. The van der Waals surface area contributed by atoms with Crippen LogP contribution in [0.4, 0.5) is 0 Å². The summed E-state index contributed by atoms with van der Waals surface area (Å²) in [4.78, 5) is 4.11. The molecule has 18 heavy (non-hydrogen) atoms. The third-order valence-electron chi connectivity index (χ3n) is 3.93. The Bertz CT molecular complexity index is 304. The molecule has 0 spiro atoms. The number of hydrogen-bond donors (Lipinski definition) is 1. The Hall–Kier alpha value is -0.890. The molecule has 0 radical (unpaired) electrons. The van der Waals surface area contributed by atoms with E-state index in [-0.39, 0.29) is 0 Å². The molecule has 2 atom stereocenters. The van der Waals surface area contributed by atoms with Gasteiger partial charge in [0.2, 0.25) is 0 Å². The molecule has 0 aliphatic heterocycles. The van der Waals surface area contributed by atoms with Crippen LogP contribution in [0.25, 0.3) is 0 Å². The normalized spacial score (nSPS) is 14.7. The van der Waals surface area contributed by atoms with Gasteiger partial charge in [0.05, 0.1) is 0 Å². The molecule has 0 saturated carbocycles. The fraction of sp³-hybridized carbons (Fsp3) is 0.688. The van der Waals surface area contributed by atoms with Crippen molar-refractivity contribution in [2.24, 2.45) is 5.92 Å². The van der Waals surface area contributed by atoms with E-state index < -0.39 is 0 Å². The van der Waals surface area contributed by atoms with Crippen LogP contribution < -0.4 is 5.32 Å². The molecule has 1 N–H and O–H groups in total. The Labute approximate surface area is 112 Å². The predicted molar refractivity (Wildman–Crippen MR) is 78.8 cm³/mol. The van der Waals surface area contributed by atoms with Crippen LogP contribution in [0.2, 0.25) is 0 Å². The first-order chi connectivity index (χ1) is 8.74. The highest BCUT2D eigenvalue weighted by atomic mass is 14.9. The number of likely N-dealkylation sites (N-methyl/N-ethyl adjacent to an activating group) is 1. The lowest BCUT2D eigenvalue weighted by molar-refractivity contribution is 0.293. The fourth-order valence-electron chi connectivity index (χ4n) is 3.01. The van der Waals surface area contributed by atoms with Crippen molar-refractivity contribution in [1.82, 2.24) is 10.3 Å². The van der Waals surface area contributed by atoms with E-state index >= 15 is 0 Å². The second-order valence-corrected chi connectivity index (χ2v) is 5.22. The first-order valence-corrected chi connectivity index (χ1v) is 7.31. The molecule has 2 heteroatoms. The van der Waals surface area contributed by atoms with Gasteiger partial charge in [-0.25, -0.2) is 0 Å². The maximum Gasteiger partial charge on any atom is 0.0270 e. The third kappa shape index (κ3) is 4.09. The molecule has 1 rings (SSSR count). The van der Waals surface area contributed by atoms with Crippen molar-refractivity contribution in [2.75, 3.05) is 7.05 Å². The summed E-state index contributed by atoms with van der Waals surface area (Å²) in [5, 5.41) is 3.55. The molecule has 1 aromatic rings. The minimum atomic E-state index is 0.543. The van der Waals surface area contributed by atoms with Crippen molar-refractivity contribution in [1.29, 1.82) is 0 Å². The van der Waals surface area contributed by atoms with Gasteiger partial charge in [-0.05, 0) is 49.4 Å². The Morgan fingerprint density at radius 3 is 2.11 bits per heavy atom. The topological polar surface area (TPSA) is 24.9 Å². The van der Waals surface area contributed by atoms with Gasteiger partial charge in [0, 0.05) is 18.4 Å². The summed E-state index contributed by atoms with van der Waals surface area (Å²) in [6.45, 7) is 6.90. The zero-order valence-corrected chi connectivity index (χ0v) is 12.3. The predicted octanol–water partition coefficient (Wildman–Crippen LogP) is 3.99. The number of nitrogens with one attached hydrogen (secondary N) is 1. The van der Waals surface area contributed by atoms with Crippen LogP contribution >= 0.6 is 0 Å². The van der Waals surface area contributed by atoms with E-state index in [4.69, 9.17) is 0 Å². The van der Waals surface area contributed by atoms with Crippen molar-refractivity contribution in [3.05, 3.63) is 30.1 Å². The average molecular weight is 248 g/mol. The lowest BCUT2D eigenvalue weighted by Crippen LogP contribution is -2.38. The minimum absolute atomic E-state index is 0.543. The van der Waals surface area contributed by atoms with Crippen molar-refractivity contribution in [2.45, 2.75) is 58.4 Å². The quantitative estimate of drug-likeness (QED) is 0.752. The molecule has 0 fully saturated rings. The monoisotopic (exact) mass is 248 g/mol. The molecule has 1 aromatic heterocycles. The molecule has 1 heterocycles. The minimum Gasteiger partial charge on any atom is -0.316 e. The smallest absolute Gasteiger partial charge is 0.0270 e. The van der Waals surface area contributed by atoms with Gasteiger partial charge in [0.15, 0.2) is 0 Å². The summed E-state index contributed by atoms with van der Waals surface area (Å²) in [5.74, 6) is 1.31. The van der Waals surface area contributed by atoms with Crippen LogP contribution in [0.1, 0.15) is 57.9 Å². The molecular weight excluding hydrogens is 220 g/mol. The number of nitrogens with zero attached hydrogens (tertiary/aromatic N) is 1. The van der Waals surface area contributed by atoms with E-state index in [1.165, 1.54) is 31.2 Å². The van der Waals surface area contributed by atoms with Gasteiger partial charge in [-0.3, -0.25) is 4.98 Å². The number of hydrogen-bond acceptors (Lipinski definition) is 2. The zero-order valence-electron chi connectivity index (χ0n) is 12.3. The van der Waals surface area contributed by atoms with E-state index in [0.717, 1.165) is 5.92 Å². The third-order valence-corrected chi connectivity index (χ3v) is 3.93. The highest BCUT2D eigenvalue weighted by molar-refractivity contribution is 5.17. The summed E-state index contributed by atoms with van der Waals surface area (Å²) in [6, 6.07) is 4.85. The standard InChI is InChI=1S/C16H28N2/c1-5-7-15(8-6-2)16(17-4)13(3)14-9-11-18-12-10-14/h9-13,15-17H,5-8H2,1-4H3. The maximum atomic E-state index is 4.11. The number of rotatable bonds is 8. The largest absolute Gasteiger partial charge is 0.316 e. The Morgan fingerprint density at radius 2 is 1.67 bits per heavy atom. The Kier molecular flexibility index (Phi) is 6.96. The van der Waals surface area contributed by atoms with E-state index in [1.807, 2.05) is 12.4 Å². The fourth-order valence-corrected chi connectivity index (χ4v) is 3.01. The molecule has 2 nitrogen and oxygen atoms in total. The van der Waals surface area contributed by atoms with Crippen molar-refractivity contribution >= 4 is 0 Å². The second kappa shape index (κ2) is 8.25. The van der Waals surface area contributed by atoms with E-state index in [1.54, 1.807) is 0 Å². The van der Waals surface area contributed by atoms with Crippen LogP contribution in [-0.4, -0.2) is 18.1 Å². The first kappa shape index (κ1) is 15.2. The summed E-state index contributed by atoms with van der Waals surface area (Å²) >= 11 is 0. The summed E-state index contributed by atoms with van der Waals surface area (Å²) < 4.78 is 0. The lowest BCUT2D eigenvalue weighted by Gasteiger charge is -2.32. The van der Waals surface area contributed by atoms with Gasteiger partial charge in [0.1, 0.15) is 0 Å². The molecule has 0 amide bonds. The highest BCUT2D eigenvalue weighted by Crippen LogP contribution is 2.28. The van der Waals surface area contributed by atoms with Gasteiger partial charge in [-0.2, -0.15) is 0 Å². The van der Waals surface area contributed by atoms with E-state index in [9.17, 15) is 0 Å². The average Bonchev–Trinajstić information content (AvgIpc) is 2.41. The van der Waals surface area contributed by atoms with E-state index in [0.29, 0.717) is 12.0 Å². The van der Waals surface area contributed by atoms with Crippen LogP contribution in [-0.2, 0) is 0 Å². The summed E-state index contributed by atoms with van der Waals surface area (Å²) in [7, 11) is 2.10. The number of pyridine rings is 1. The van der Waals surface area contributed by atoms with Crippen molar-refractivity contribution in [3.8, 4) is 0 Å². The molecule has 0 aliphatic carbocycles. The SMILES string of the molecule is CCCC(CCC)C(NC)C(C)c1ccncc1. The maximum absolute atomic E-state index is 4.11. The van der Waals surface area contributed by atoms with Gasteiger partial charge in [0.25, 0.3) is 0 Å². The molecule has 0 aliphatic rings. The molecule has 0 saturated heterocycles. The summed E-state index contributed by atoms with van der Waals surface area (Å²) in [6.07, 6.45) is 8.96. The highest BCUT2D eigenvalue weighted by Gasteiger charge is 2.25. The molecule has 0 bridgehead atoms. The Morgan fingerprint density at radius 1 is 1.11 bits per heavy atom. The molecule has 2 unspecified atom stereocenters. The second-order valence-electron chi connectivity index (χ2n) is 5.22.